The third-order valence-corrected chi connectivity index (χ3v) is 4.07. The second kappa shape index (κ2) is 7.29. The molecule has 1 heterocycles. The van der Waals surface area contributed by atoms with E-state index in [2.05, 4.69) is 6.92 Å². The first-order valence-electron chi connectivity index (χ1n) is 7.42. The zero-order valence-electron chi connectivity index (χ0n) is 12.2. The van der Waals surface area contributed by atoms with Crippen molar-refractivity contribution in [2.75, 3.05) is 19.7 Å². The molecule has 0 radical (unpaired) electrons. The number of benzene rings is 1. The standard InChI is InChI=1S/C16H24N2O2/c1-2-13-7-9-18(10-8-13)16(19)12-20-15-5-3-14(11-17)4-6-15/h3-6,13H,2,7-12,17H2,1H3. The van der Waals surface area contributed by atoms with Crippen LogP contribution in [0.3, 0.4) is 0 Å². The van der Waals surface area contributed by atoms with Crippen molar-refractivity contribution in [1.82, 2.24) is 4.90 Å². The van der Waals surface area contributed by atoms with Gasteiger partial charge in [0.05, 0.1) is 0 Å². The third-order valence-electron chi connectivity index (χ3n) is 4.07. The van der Waals surface area contributed by atoms with Gasteiger partial charge in [0, 0.05) is 19.6 Å². The van der Waals surface area contributed by atoms with Crippen molar-refractivity contribution in [2.24, 2.45) is 11.7 Å². The molecule has 0 aliphatic carbocycles. The van der Waals surface area contributed by atoms with Gasteiger partial charge in [0.15, 0.2) is 6.61 Å². The van der Waals surface area contributed by atoms with Crippen molar-refractivity contribution in [2.45, 2.75) is 32.7 Å². The maximum absolute atomic E-state index is 12.1. The molecule has 1 aliphatic rings. The van der Waals surface area contributed by atoms with Crippen molar-refractivity contribution in [3.05, 3.63) is 29.8 Å². The van der Waals surface area contributed by atoms with Crippen LogP contribution in [-0.2, 0) is 11.3 Å². The molecule has 2 rings (SSSR count). The van der Waals surface area contributed by atoms with E-state index >= 15 is 0 Å². The van der Waals surface area contributed by atoms with Crippen molar-refractivity contribution in [1.29, 1.82) is 0 Å². The van der Waals surface area contributed by atoms with E-state index in [1.54, 1.807) is 0 Å². The maximum Gasteiger partial charge on any atom is 0.260 e. The van der Waals surface area contributed by atoms with E-state index in [0.29, 0.717) is 6.54 Å². The summed E-state index contributed by atoms with van der Waals surface area (Å²) < 4.78 is 5.54. The van der Waals surface area contributed by atoms with E-state index in [9.17, 15) is 4.79 Å². The molecule has 2 N–H and O–H groups in total. The lowest BCUT2D eigenvalue weighted by atomic mass is 9.94. The van der Waals surface area contributed by atoms with E-state index < -0.39 is 0 Å². The normalized spacial score (nSPS) is 16.2. The minimum atomic E-state index is 0.0856. The molecule has 1 fully saturated rings. The average Bonchev–Trinajstić information content (AvgIpc) is 2.53. The van der Waals surface area contributed by atoms with Crippen molar-refractivity contribution >= 4 is 5.91 Å². The average molecular weight is 276 g/mol. The number of ether oxygens (including phenoxy) is 1. The van der Waals surface area contributed by atoms with Gasteiger partial charge in [-0.3, -0.25) is 4.79 Å². The number of carbonyl (C=O) groups is 1. The van der Waals surface area contributed by atoms with Gasteiger partial charge in [0.1, 0.15) is 5.75 Å². The van der Waals surface area contributed by atoms with E-state index in [1.807, 2.05) is 29.2 Å². The summed E-state index contributed by atoms with van der Waals surface area (Å²) in [5.41, 5.74) is 6.60. The van der Waals surface area contributed by atoms with Crippen LogP contribution in [0.15, 0.2) is 24.3 Å². The molecule has 20 heavy (non-hydrogen) atoms. The van der Waals surface area contributed by atoms with Crippen LogP contribution in [0.25, 0.3) is 0 Å². The summed E-state index contributed by atoms with van der Waals surface area (Å²) in [6.07, 6.45) is 3.45. The lowest BCUT2D eigenvalue weighted by Crippen LogP contribution is -2.40. The molecule has 4 nitrogen and oxygen atoms in total. The minimum Gasteiger partial charge on any atom is -0.484 e. The van der Waals surface area contributed by atoms with Crippen LogP contribution in [0.5, 0.6) is 5.75 Å². The Balaban J connectivity index is 1.77. The van der Waals surface area contributed by atoms with Crippen LogP contribution in [0, 0.1) is 5.92 Å². The molecule has 4 heteroatoms. The molecule has 1 amide bonds. The number of amides is 1. The number of nitrogens with zero attached hydrogens (tertiary/aromatic N) is 1. The maximum atomic E-state index is 12.1. The first-order valence-corrected chi connectivity index (χ1v) is 7.42. The lowest BCUT2D eigenvalue weighted by Gasteiger charge is -2.31. The fourth-order valence-electron chi connectivity index (χ4n) is 2.55. The smallest absolute Gasteiger partial charge is 0.260 e. The Kier molecular flexibility index (Phi) is 5.41. The number of hydrogen-bond acceptors (Lipinski definition) is 3. The summed E-state index contributed by atoms with van der Waals surface area (Å²) in [5, 5.41) is 0. The zero-order valence-corrected chi connectivity index (χ0v) is 12.2. The van der Waals surface area contributed by atoms with E-state index in [0.717, 1.165) is 43.2 Å². The summed E-state index contributed by atoms with van der Waals surface area (Å²) >= 11 is 0. The van der Waals surface area contributed by atoms with Crippen LogP contribution < -0.4 is 10.5 Å². The first kappa shape index (κ1) is 14.9. The SMILES string of the molecule is CCC1CCN(C(=O)COc2ccc(CN)cc2)CC1. The number of nitrogens with two attached hydrogens (primary N) is 1. The number of carbonyl (C=O) groups excluding carboxylic acids is 1. The van der Waals surface area contributed by atoms with Crippen LogP contribution in [0.2, 0.25) is 0 Å². The summed E-state index contributed by atoms with van der Waals surface area (Å²) in [6, 6.07) is 7.57. The predicted octanol–water partition coefficient (Wildman–Crippen LogP) is 2.17. The highest BCUT2D eigenvalue weighted by Crippen LogP contribution is 2.20. The number of hydrogen-bond donors (Lipinski definition) is 1. The van der Waals surface area contributed by atoms with Crippen molar-refractivity contribution in [3.8, 4) is 5.75 Å². The van der Waals surface area contributed by atoms with Crippen LogP contribution in [0.4, 0.5) is 0 Å². The Morgan fingerprint density at radius 1 is 1.30 bits per heavy atom. The molecule has 1 saturated heterocycles. The molecule has 0 bridgehead atoms. The van der Waals surface area contributed by atoms with Gasteiger partial charge in [-0.25, -0.2) is 0 Å². The zero-order chi connectivity index (χ0) is 14.4. The molecule has 110 valence electrons. The fraction of sp³-hybridized carbons (Fsp3) is 0.562. The largest absolute Gasteiger partial charge is 0.484 e. The summed E-state index contributed by atoms with van der Waals surface area (Å²) in [5.74, 6) is 1.59. The molecular weight excluding hydrogens is 252 g/mol. The molecule has 1 aromatic carbocycles. The van der Waals surface area contributed by atoms with Crippen LogP contribution in [0.1, 0.15) is 31.7 Å². The molecule has 0 atom stereocenters. The molecule has 0 aromatic heterocycles. The Morgan fingerprint density at radius 2 is 1.95 bits per heavy atom. The summed E-state index contributed by atoms with van der Waals surface area (Å²) in [6.45, 7) is 4.60. The van der Waals surface area contributed by atoms with E-state index in [-0.39, 0.29) is 12.5 Å². The van der Waals surface area contributed by atoms with Gasteiger partial charge in [-0.05, 0) is 36.5 Å². The Labute approximate surface area is 120 Å². The Bertz CT molecular complexity index is 423. The van der Waals surface area contributed by atoms with Crippen molar-refractivity contribution < 1.29 is 9.53 Å². The van der Waals surface area contributed by atoms with Gasteiger partial charge in [-0.1, -0.05) is 25.5 Å². The molecule has 0 spiro atoms. The quantitative estimate of drug-likeness (QED) is 0.896. The summed E-state index contributed by atoms with van der Waals surface area (Å²) in [4.78, 5) is 14.0. The molecular formula is C16H24N2O2. The van der Waals surface area contributed by atoms with E-state index in [4.69, 9.17) is 10.5 Å². The highest BCUT2D eigenvalue weighted by atomic mass is 16.5. The topological polar surface area (TPSA) is 55.6 Å². The lowest BCUT2D eigenvalue weighted by molar-refractivity contribution is -0.134. The number of piperidine rings is 1. The fourth-order valence-corrected chi connectivity index (χ4v) is 2.55. The van der Waals surface area contributed by atoms with E-state index in [1.165, 1.54) is 6.42 Å². The Morgan fingerprint density at radius 3 is 2.50 bits per heavy atom. The van der Waals surface area contributed by atoms with Gasteiger partial charge in [-0.2, -0.15) is 0 Å². The second-order valence-electron chi connectivity index (χ2n) is 5.37. The molecule has 1 aliphatic heterocycles. The Hall–Kier alpha value is -1.55. The highest BCUT2D eigenvalue weighted by molar-refractivity contribution is 5.77. The van der Waals surface area contributed by atoms with Crippen LogP contribution >= 0.6 is 0 Å². The second-order valence-corrected chi connectivity index (χ2v) is 5.37. The minimum absolute atomic E-state index is 0.0856. The van der Waals surface area contributed by atoms with Gasteiger partial charge in [-0.15, -0.1) is 0 Å². The van der Waals surface area contributed by atoms with Crippen LogP contribution in [-0.4, -0.2) is 30.5 Å². The third kappa shape index (κ3) is 3.97. The van der Waals surface area contributed by atoms with Gasteiger partial charge < -0.3 is 15.4 Å². The van der Waals surface area contributed by atoms with Gasteiger partial charge in [0.25, 0.3) is 5.91 Å². The first-order chi connectivity index (χ1) is 9.72. The predicted molar refractivity (Wildman–Crippen MR) is 79.4 cm³/mol. The monoisotopic (exact) mass is 276 g/mol. The number of likely N-dealkylation sites (tertiary alicyclic amines) is 1. The molecule has 1 aromatic rings. The number of rotatable bonds is 5. The molecule has 0 unspecified atom stereocenters. The van der Waals surface area contributed by atoms with Crippen molar-refractivity contribution in [3.63, 3.8) is 0 Å². The van der Waals surface area contributed by atoms with Gasteiger partial charge in [0.2, 0.25) is 0 Å². The van der Waals surface area contributed by atoms with Gasteiger partial charge >= 0.3 is 0 Å². The summed E-state index contributed by atoms with van der Waals surface area (Å²) in [7, 11) is 0. The highest BCUT2D eigenvalue weighted by Gasteiger charge is 2.21. The molecule has 0 saturated carbocycles.